The van der Waals surface area contributed by atoms with Crippen LogP contribution in [0, 0.1) is 6.92 Å². The number of aliphatic carboxylic acids is 1. The number of nitrogens with zero attached hydrogens (tertiary/aromatic N) is 1. The lowest BCUT2D eigenvalue weighted by atomic mass is 10.1. The van der Waals surface area contributed by atoms with Gasteiger partial charge >= 0.3 is 5.97 Å². The summed E-state index contributed by atoms with van der Waals surface area (Å²) < 4.78 is 0. The molecular weight excluding hydrogens is 218 g/mol. The molecule has 1 rings (SSSR count). The Morgan fingerprint density at radius 2 is 2.06 bits per heavy atom. The van der Waals surface area contributed by atoms with Crippen molar-refractivity contribution in [3.05, 3.63) is 41.5 Å². The van der Waals surface area contributed by atoms with Gasteiger partial charge in [0.1, 0.15) is 6.61 Å². The molecule has 0 aromatic heterocycles. The minimum atomic E-state index is -1.08. The number of benzene rings is 1. The summed E-state index contributed by atoms with van der Waals surface area (Å²) in [6.45, 7) is 3.66. The zero-order valence-electron chi connectivity index (χ0n) is 9.88. The van der Waals surface area contributed by atoms with Crippen LogP contribution in [0.4, 0.5) is 0 Å². The number of carboxylic acid groups (broad SMARTS) is 1. The lowest BCUT2D eigenvalue weighted by Gasteiger charge is -1.96. The molecule has 90 valence electrons. The van der Waals surface area contributed by atoms with E-state index < -0.39 is 5.97 Å². The van der Waals surface area contributed by atoms with Crippen LogP contribution in [0.2, 0.25) is 0 Å². The Morgan fingerprint density at radius 1 is 1.41 bits per heavy atom. The van der Waals surface area contributed by atoms with Gasteiger partial charge in [0.05, 0.1) is 0 Å². The van der Waals surface area contributed by atoms with Crippen LogP contribution in [0.3, 0.4) is 0 Å². The molecule has 4 nitrogen and oxygen atoms in total. The van der Waals surface area contributed by atoms with Crippen molar-refractivity contribution in [3.8, 4) is 0 Å². The van der Waals surface area contributed by atoms with Crippen LogP contribution in [-0.4, -0.2) is 23.4 Å². The number of hydrogen-bond acceptors (Lipinski definition) is 3. The molecule has 1 aromatic carbocycles. The lowest BCUT2D eigenvalue weighted by Crippen LogP contribution is -2.08. The molecule has 0 amide bonds. The zero-order chi connectivity index (χ0) is 12.7. The van der Waals surface area contributed by atoms with Gasteiger partial charge in [-0.15, -0.1) is 0 Å². The first-order valence-electron chi connectivity index (χ1n) is 5.22. The fourth-order valence-electron chi connectivity index (χ4n) is 1.08. The lowest BCUT2D eigenvalue weighted by molar-refractivity contribution is -0.129. The highest BCUT2D eigenvalue weighted by atomic mass is 16.6. The van der Waals surface area contributed by atoms with Crippen LogP contribution < -0.4 is 0 Å². The van der Waals surface area contributed by atoms with E-state index in [0.29, 0.717) is 0 Å². The predicted octanol–water partition coefficient (Wildman–Crippen LogP) is 2.49. The van der Waals surface area contributed by atoms with Crippen LogP contribution in [-0.2, 0) is 9.63 Å². The van der Waals surface area contributed by atoms with E-state index in [9.17, 15) is 4.79 Å². The van der Waals surface area contributed by atoms with Gasteiger partial charge in [0.25, 0.3) is 0 Å². The third-order valence-electron chi connectivity index (χ3n) is 2.07. The van der Waals surface area contributed by atoms with E-state index in [-0.39, 0.29) is 12.3 Å². The van der Waals surface area contributed by atoms with E-state index in [1.165, 1.54) is 12.5 Å². The monoisotopic (exact) mass is 233 g/mol. The molecule has 0 aliphatic carbocycles. The quantitative estimate of drug-likeness (QED) is 0.483. The van der Waals surface area contributed by atoms with Gasteiger partial charge in [-0.3, -0.25) is 0 Å². The van der Waals surface area contributed by atoms with Crippen molar-refractivity contribution in [1.82, 2.24) is 0 Å². The van der Waals surface area contributed by atoms with E-state index in [4.69, 9.17) is 9.94 Å². The molecule has 0 bridgehead atoms. The maximum Gasteiger partial charge on any atom is 0.353 e. The molecule has 1 aromatic rings. The molecular formula is C13H15NO3. The minimum Gasteiger partial charge on any atom is -0.477 e. The highest BCUT2D eigenvalue weighted by Gasteiger charge is 2.00. The van der Waals surface area contributed by atoms with Crippen LogP contribution in [0.25, 0.3) is 6.08 Å². The third kappa shape index (κ3) is 4.97. The van der Waals surface area contributed by atoms with Crippen LogP contribution in [0.1, 0.15) is 18.1 Å². The van der Waals surface area contributed by atoms with Crippen molar-refractivity contribution in [2.45, 2.75) is 13.8 Å². The molecule has 0 aliphatic heterocycles. The van der Waals surface area contributed by atoms with Gasteiger partial charge in [0.2, 0.25) is 0 Å². The maximum absolute atomic E-state index is 10.4. The Bertz CT molecular complexity index is 432. The first kappa shape index (κ1) is 13.0. The van der Waals surface area contributed by atoms with E-state index in [1.54, 1.807) is 6.08 Å². The molecule has 0 atom stereocenters. The van der Waals surface area contributed by atoms with Gasteiger partial charge in [-0.25, -0.2) is 4.79 Å². The highest BCUT2D eigenvalue weighted by Crippen LogP contribution is 2.04. The number of oxime groups is 1. The first-order chi connectivity index (χ1) is 8.09. The van der Waals surface area contributed by atoms with E-state index in [0.717, 1.165) is 5.56 Å². The average molecular weight is 233 g/mol. The molecule has 0 aliphatic rings. The molecule has 0 saturated carbocycles. The number of carbonyl (C=O) groups is 1. The van der Waals surface area contributed by atoms with Crippen molar-refractivity contribution >= 4 is 17.8 Å². The van der Waals surface area contributed by atoms with E-state index in [2.05, 4.69) is 5.16 Å². The van der Waals surface area contributed by atoms with Gasteiger partial charge in [-0.05, 0) is 25.5 Å². The maximum atomic E-state index is 10.4. The van der Waals surface area contributed by atoms with Gasteiger partial charge < -0.3 is 9.94 Å². The Balaban J connectivity index is 2.39. The molecule has 0 saturated heterocycles. The topological polar surface area (TPSA) is 58.9 Å². The second-order valence-corrected chi connectivity index (χ2v) is 3.59. The summed E-state index contributed by atoms with van der Waals surface area (Å²) in [6.07, 6.45) is 3.67. The number of rotatable bonds is 5. The summed E-state index contributed by atoms with van der Waals surface area (Å²) in [7, 11) is 0. The summed E-state index contributed by atoms with van der Waals surface area (Å²) in [6, 6.07) is 8.04. The summed E-state index contributed by atoms with van der Waals surface area (Å²) >= 11 is 0. The summed E-state index contributed by atoms with van der Waals surface area (Å²) in [5, 5.41) is 11.9. The normalized spacial score (nSPS) is 11.8. The molecule has 4 heteroatoms. The zero-order valence-corrected chi connectivity index (χ0v) is 9.88. The number of aryl methyl sites for hydroxylation is 1. The largest absolute Gasteiger partial charge is 0.477 e. The van der Waals surface area contributed by atoms with Gasteiger partial charge in [-0.1, -0.05) is 41.1 Å². The first-order valence-corrected chi connectivity index (χ1v) is 5.22. The fourth-order valence-corrected chi connectivity index (χ4v) is 1.08. The van der Waals surface area contributed by atoms with Crippen LogP contribution in [0.5, 0.6) is 0 Å². The van der Waals surface area contributed by atoms with Gasteiger partial charge in [0, 0.05) is 0 Å². The molecule has 0 unspecified atom stereocenters. The SMILES string of the molecule is C/C(=N/OC/C=C/c1ccc(C)cc1)C(=O)O. The molecule has 1 N–H and O–H groups in total. The predicted molar refractivity (Wildman–Crippen MR) is 66.9 cm³/mol. The van der Waals surface area contributed by atoms with E-state index >= 15 is 0 Å². The summed E-state index contributed by atoms with van der Waals surface area (Å²) in [5.41, 5.74) is 2.21. The Labute approximate surface area is 100 Å². The molecule has 0 fully saturated rings. The van der Waals surface area contributed by atoms with Crippen molar-refractivity contribution in [2.75, 3.05) is 6.61 Å². The molecule has 0 spiro atoms. The second-order valence-electron chi connectivity index (χ2n) is 3.59. The Morgan fingerprint density at radius 3 is 2.65 bits per heavy atom. The summed E-state index contributed by atoms with van der Waals surface area (Å²) in [5.74, 6) is -1.08. The molecule has 0 radical (unpaired) electrons. The smallest absolute Gasteiger partial charge is 0.353 e. The number of carboxylic acids is 1. The van der Waals surface area contributed by atoms with Gasteiger partial charge in [-0.2, -0.15) is 0 Å². The van der Waals surface area contributed by atoms with E-state index in [1.807, 2.05) is 37.3 Å². The molecule has 0 heterocycles. The minimum absolute atomic E-state index is 0.0614. The highest BCUT2D eigenvalue weighted by molar-refractivity contribution is 6.34. The van der Waals surface area contributed by atoms with Crippen LogP contribution in [0.15, 0.2) is 35.5 Å². The third-order valence-corrected chi connectivity index (χ3v) is 2.07. The molecule has 17 heavy (non-hydrogen) atoms. The Hall–Kier alpha value is -2.10. The van der Waals surface area contributed by atoms with Crippen molar-refractivity contribution in [2.24, 2.45) is 5.16 Å². The van der Waals surface area contributed by atoms with Crippen molar-refractivity contribution in [1.29, 1.82) is 0 Å². The van der Waals surface area contributed by atoms with Gasteiger partial charge in [0.15, 0.2) is 5.71 Å². The van der Waals surface area contributed by atoms with Crippen molar-refractivity contribution < 1.29 is 14.7 Å². The standard InChI is InChI=1S/C13H15NO3/c1-10-5-7-12(8-6-10)4-3-9-17-14-11(2)13(15)16/h3-8H,9H2,1-2H3,(H,15,16)/b4-3+,14-11-. The Kier molecular flexibility index (Phi) is 4.94. The average Bonchev–Trinajstić information content (AvgIpc) is 2.30. The number of hydrogen-bond donors (Lipinski definition) is 1. The second kappa shape index (κ2) is 6.48. The fraction of sp³-hybridized carbons (Fsp3) is 0.231. The van der Waals surface area contributed by atoms with Crippen LogP contribution >= 0.6 is 0 Å². The van der Waals surface area contributed by atoms with Crippen molar-refractivity contribution in [3.63, 3.8) is 0 Å². The summed E-state index contributed by atoms with van der Waals surface area (Å²) in [4.78, 5) is 15.2.